The van der Waals surface area contributed by atoms with Crippen LogP contribution in [0.15, 0.2) is 18.2 Å². The lowest BCUT2D eigenvalue weighted by Gasteiger charge is -2.10. The Labute approximate surface area is 82.6 Å². The van der Waals surface area contributed by atoms with Crippen LogP contribution in [0.1, 0.15) is 18.5 Å². The molecule has 1 aliphatic carbocycles. The van der Waals surface area contributed by atoms with Crippen molar-refractivity contribution in [2.75, 3.05) is 6.61 Å². The fourth-order valence-electron chi connectivity index (χ4n) is 1.50. The van der Waals surface area contributed by atoms with E-state index >= 15 is 0 Å². The van der Waals surface area contributed by atoms with Gasteiger partial charge in [-0.1, -0.05) is 17.7 Å². The summed E-state index contributed by atoms with van der Waals surface area (Å²) in [7, 11) is 0. The summed E-state index contributed by atoms with van der Waals surface area (Å²) < 4.78 is 0. The van der Waals surface area contributed by atoms with Gasteiger partial charge in [0.05, 0.1) is 0 Å². The minimum atomic E-state index is 0.123. The second-order valence-corrected chi connectivity index (χ2v) is 4.17. The second kappa shape index (κ2) is 3.28. The molecule has 1 N–H and O–H groups in total. The first-order valence-corrected chi connectivity index (χ1v) is 4.84. The minimum absolute atomic E-state index is 0.123. The van der Waals surface area contributed by atoms with Gasteiger partial charge in [-0.2, -0.15) is 0 Å². The van der Waals surface area contributed by atoms with Crippen molar-refractivity contribution in [1.82, 2.24) is 4.98 Å². The van der Waals surface area contributed by atoms with Crippen molar-refractivity contribution >= 4 is 11.6 Å². The molecule has 70 valence electrons. The Morgan fingerprint density at radius 2 is 2.23 bits per heavy atom. The molecule has 0 spiro atoms. The Morgan fingerprint density at radius 3 is 2.77 bits per heavy atom. The number of halogens is 1. The SMILES string of the molecule is OCC1(Cc2cccc(Cl)n2)CC1. The monoisotopic (exact) mass is 197 g/mol. The number of aliphatic hydroxyl groups excluding tert-OH is 1. The van der Waals surface area contributed by atoms with Gasteiger partial charge in [0.15, 0.2) is 0 Å². The summed E-state index contributed by atoms with van der Waals surface area (Å²) in [5.74, 6) is 0. The summed E-state index contributed by atoms with van der Waals surface area (Å²) in [6.07, 6.45) is 3.07. The number of rotatable bonds is 3. The fraction of sp³-hybridized carbons (Fsp3) is 0.500. The van der Waals surface area contributed by atoms with E-state index in [1.807, 2.05) is 12.1 Å². The normalized spacial score (nSPS) is 18.6. The first kappa shape index (κ1) is 8.97. The van der Waals surface area contributed by atoms with E-state index in [4.69, 9.17) is 16.7 Å². The van der Waals surface area contributed by atoms with Crippen LogP contribution in [0.4, 0.5) is 0 Å². The topological polar surface area (TPSA) is 33.1 Å². The number of pyridine rings is 1. The molecule has 3 heteroatoms. The Balaban J connectivity index is 2.09. The molecule has 0 unspecified atom stereocenters. The van der Waals surface area contributed by atoms with Crippen LogP contribution in [0.2, 0.25) is 5.15 Å². The van der Waals surface area contributed by atoms with E-state index in [0.29, 0.717) is 5.15 Å². The number of hydrogen-bond donors (Lipinski definition) is 1. The minimum Gasteiger partial charge on any atom is -0.396 e. The molecule has 1 aromatic rings. The Hall–Kier alpha value is -0.600. The number of aromatic nitrogens is 1. The molecule has 1 fully saturated rings. The standard InChI is InChI=1S/C10H12ClNO/c11-9-3-1-2-8(12-9)6-10(7-13)4-5-10/h1-3,13H,4-7H2. The number of hydrogen-bond acceptors (Lipinski definition) is 2. The highest BCUT2D eigenvalue weighted by Crippen LogP contribution is 2.47. The molecule has 1 saturated carbocycles. The highest BCUT2D eigenvalue weighted by molar-refractivity contribution is 6.29. The quantitative estimate of drug-likeness (QED) is 0.753. The number of nitrogens with zero attached hydrogens (tertiary/aromatic N) is 1. The Bertz CT molecular complexity index is 310. The van der Waals surface area contributed by atoms with E-state index in [2.05, 4.69) is 4.98 Å². The average Bonchev–Trinajstić information content (AvgIpc) is 2.86. The van der Waals surface area contributed by atoms with Gasteiger partial charge in [0, 0.05) is 12.3 Å². The zero-order valence-electron chi connectivity index (χ0n) is 7.33. The van der Waals surface area contributed by atoms with Crippen LogP contribution in [0.3, 0.4) is 0 Å². The van der Waals surface area contributed by atoms with E-state index in [9.17, 15) is 0 Å². The molecule has 0 aromatic carbocycles. The molecule has 0 amide bonds. The van der Waals surface area contributed by atoms with Crippen LogP contribution in [0.5, 0.6) is 0 Å². The predicted octanol–water partition coefficient (Wildman–Crippen LogP) is 2.05. The van der Waals surface area contributed by atoms with Crippen LogP contribution in [-0.2, 0) is 6.42 Å². The Morgan fingerprint density at radius 1 is 1.46 bits per heavy atom. The van der Waals surface area contributed by atoms with Gasteiger partial charge in [-0.25, -0.2) is 4.98 Å². The van der Waals surface area contributed by atoms with Crippen LogP contribution >= 0.6 is 11.6 Å². The average molecular weight is 198 g/mol. The maximum Gasteiger partial charge on any atom is 0.129 e. The summed E-state index contributed by atoms with van der Waals surface area (Å²) in [5, 5.41) is 9.66. The largest absolute Gasteiger partial charge is 0.396 e. The third-order valence-electron chi connectivity index (χ3n) is 2.62. The Kier molecular flexibility index (Phi) is 2.26. The molecule has 13 heavy (non-hydrogen) atoms. The third-order valence-corrected chi connectivity index (χ3v) is 2.83. The smallest absolute Gasteiger partial charge is 0.129 e. The summed E-state index contributed by atoms with van der Waals surface area (Å²) in [5.41, 5.74) is 1.11. The molecule has 0 atom stereocenters. The zero-order valence-corrected chi connectivity index (χ0v) is 8.09. The van der Waals surface area contributed by atoms with Crippen molar-refractivity contribution in [3.05, 3.63) is 29.0 Å². The lowest BCUT2D eigenvalue weighted by atomic mass is 10.0. The van der Waals surface area contributed by atoms with Crippen LogP contribution in [0.25, 0.3) is 0 Å². The van der Waals surface area contributed by atoms with Gasteiger partial charge in [-0.3, -0.25) is 0 Å². The molecule has 2 nitrogen and oxygen atoms in total. The summed E-state index contributed by atoms with van der Waals surface area (Å²) in [4.78, 5) is 4.20. The van der Waals surface area contributed by atoms with Crippen molar-refractivity contribution < 1.29 is 5.11 Å². The van der Waals surface area contributed by atoms with E-state index in [1.54, 1.807) is 6.07 Å². The molecule has 1 heterocycles. The van der Waals surface area contributed by atoms with Gasteiger partial charge in [-0.15, -0.1) is 0 Å². The van der Waals surface area contributed by atoms with E-state index < -0.39 is 0 Å². The van der Waals surface area contributed by atoms with Gasteiger partial charge in [0.2, 0.25) is 0 Å². The molecule has 0 aliphatic heterocycles. The van der Waals surface area contributed by atoms with Crippen molar-refractivity contribution in [2.24, 2.45) is 5.41 Å². The van der Waals surface area contributed by atoms with Crippen molar-refractivity contribution in [3.63, 3.8) is 0 Å². The predicted molar refractivity (Wildman–Crippen MR) is 51.7 cm³/mol. The van der Waals surface area contributed by atoms with Crippen molar-refractivity contribution in [1.29, 1.82) is 0 Å². The lowest BCUT2D eigenvalue weighted by Crippen LogP contribution is -2.11. The summed E-state index contributed by atoms with van der Waals surface area (Å²) in [6.45, 7) is 0.265. The molecular weight excluding hydrogens is 186 g/mol. The zero-order chi connectivity index (χ0) is 9.31. The van der Waals surface area contributed by atoms with Gasteiger partial charge in [-0.05, 0) is 36.8 Å². The molecule has 0 bridgehead atoms. The molecule has 0 saturated heterocycles. The maximum atomic E-state index is 9.13. The fourth-order valence-corrected chi connectivity index (χ4v) is 1.68. The maximum absolute atomic E-state index is 9.13. The van der Waals surface area contributed by atoms with E-state index in [0.717, 1.165) is 25.0 Å². The van der Waals surface area contributed by atoms with Crippen LogP contribution in [0, 0.1) is 5.41 Å². The van der Waals surface area contributed by atoms with Gasteiger partial charge >= 0.3 is 0 Å². The van der Waals surface area contributed by atoms with Gasteiger partial charge < -0.3 is 5.11 Å². The van der Waals surface area contributed by atoms with Crippen molar-refractivity contribution in [2.45, 2.75) is 19.3 Å². The second-order valence-electron chi connectivity index (χ2n) is 3.79. The van der Waals surface area contributed by atoms with Crippen LogP contribution < -0.4 is 0 Å². The molecule has 1 aliphatic rings. The van der Waals surface area contributed by atoms with Gasteiger partial charge in [0.1, 0.15) is 5.15 Å². The first-order chi connectivity index (χ1) is 6.24. The highest BCUT2D eigenvalue weighted by atomic mass is 35.5. The number of aliphatic hydroxyl groups is 1. The first-order valence-electron chi connectivity index (χ1n) is 4.46. The summed E-state index contributed by atoms with van der Waals surface area (Å²) in [6, 6.07) is 5.63. The molecule has 2 rings (SSSR count). The molecule has 0 radical (unpaired) electrons. The molecule has 1 aromatic heterocycles. The van der Waals surface area contributed by atoms with E-state index in [-0.39, 0.29) is 12.0 Å². The van der Waals surface area contributed by atoms with E-state index in [1.165, 1.54) is 0 Å². The third kappa shape index (κ3) is 2.01. The van der Waals surface area contributed by atoms with Crippen LogP contribution in [-0.4, -0.2) is 16.7 Å². The molecular formula is C10H12ClNO. The van der Waals surface area contributed by atoms with Gasteiger partial charge in [0.25, 0.3) is 0 Å². The summed E-state index contributed by atoms with van der Waals surface area (Å²) >= 11 is 5.76. The highest BCUT2D eigenvalue weighted by Gasteiger charge is 2.42. The van der Waals surface area contributed by atoms with Crippen molar-refractivity contribution in [3.8, 4) is 0 Å². The lowest BCUT2D eigenvalue weighted by molar-refractivity contribution is 0.210.